The highest BCUT2D eigenvalue weighted by Gasteiger charge is 2.42. The number of ether oxygens (including phenoxy) is 3. The molecule has 19 heavy (non-hydrogen) atoms. The SMILES string of the molecule is COc1ccc(C2OCC(C)(C)C(C(N)=O)O2)cc1. The fraction of sp³-hybridized carbons (Fsp3) is 0.500. The van der Waals surface area contributed by atoms with Crippen LogP contribution in [0.5, 0.6) is 5.75 Å². The third kappa shape index (κ3) is 2.88. The lowest BCUT2D eigenvalue weighted by Gasteiger charge is -2.40. The summed E-state index contributed by atoms with van der Waals surface area (Å²) in [6, 6.07) is 7.34. The lowest BCUT2D eigenvalue weighted by molar-refractivity contribution is -0.257. The van der Waals surface area contributed by atoms with Crippen LogP contribution in [-0.4, -0.2) is 25.7 Å². The topological polar surface area (TPSA) is 70.8 Å². The lowest BCUT2D eigenvalue weighted by Crippen LogP contribution is -2.50. The third-order valence-electron chi connectivity index (χ3n) is 3.22. The monoisotopic (exact) mass is 265 g/mol. The van der Waals surface area contributed by atoms with Crippen molar-refractivity contribution < 1.29 is 19.0 Å². The molecule has 5 heteroatoms. The summed E-state index contributed by atoms with van der Waals surface area (Å²) in [5.74, 6) is 0.290. The second kappa shape index (κ2) is 5.19. The van der Waals surface area contributed by atoms with Gasteiger partial charge < -0.3 is 19.9 Å². The predicted molar refractivity (Wildman–Crippen MR) is 69.5 cm³/mol. The zero-order chi connectivity index (χ0) is 14.0. The van der Waals surface area contributed by atoms with E-state index in [1.54, 1.807) is 7.11 Å². The summed E-state index contributed by atoms with van der Waals surface area (Å²) < 4.78 is 16.4. The second-order valence-corrected chi connectivity index (χ2v) is 5.32. The average Bonchev–Trinajstić information content (AvgIpc) is 2.38. The number of benzene rings is 1. The van der Waals surface area contributed by atoms with Crippen LogP contribution in [0.4, 0.5) is 0 Å². The van der Waals surface area contributed by atoms with Crippen molar-refractivity contribution in [2.75, 3.05) is 13.7 Å². The van der Waals surface area contributed by atoms with E-state index in [9.17, 15) is 4.79 Å². The summed E-state index contributed by atoms with van der Waals surface area (Å²) in [7, 11) is 1.61. The van der Waals surface area contributed by atoms with Crippen LogP contribution in [0.2, 0.25) is 0 Å². The van der Waals surface area contributed by atoms with Gasteiger partial charge in [-0.1, -0.05) is 26.0 Å². The van der Waals surface area contributed by atoms with Gasteiger partial charge in [-0.25, -0.2) is 0 Å². The molecular weight excluding hydrogens is 246 g/mol. The van der Waals surface area contributed by atoms with Crippen LogP contribution < -0.4 is 10.5 Å². The Balaban J connectivity index is 2.16. The number of hydrogen-bond acceptors (Lipinski definition) is 4. The average molecular weight is 265 g/mol. The third-order valence-corrected chi connectivity index (χ3v) is 3.22. The highest BCUT2D eigenvalue weighted by Crippen LogP contribution is 2.36. The van der Waals surface area contributed by atoms with E-state index in [0.717, 1.165) is 11.3 Å². The van der Waals surface area contributed by atoms with Crippen LogP contribution in [0.1, 0.15) is 25.7 Å². The van der Waals surface area contributed by atoms with Gasteiger partial charge in [0.25, 0.3) is 0 Å². The second-order valence-electron chi connectivity index (χ2n) is 5.32. The molecule has 1 fully saturated rings. The van der Waals surface area contributed by atoms with Crippen LogP contribution in [0.25, 0.3) is 0 Å². The van der Waals surface area contributed by atoms with Gasteiger partial charge in [0.05, 0.1) is 13.7 Å². The van der Waals surface area contributed by atoms with Crippen molar-refractivity contribution in [1.82, 2.24) is 0 Å². The smallest absolute Gasteiger partial charge is 0.247 e. The van der Waals surface area contributed by atoms with E-state index < -0.39 is 23.7 Å². The summed E-state index contributed by atoms with van der Waals surface area (Å²) >= 11 is 0. The number of primary amides is 1. The summed E-state index contributed by atoms with van der Waals surface area (Å²) in [6.45, 7) is 4.20. The van der Waals surface area contributed by atoms with E-state index >= 15 is 0 Å². The van der Waals surface area contributed by atoms with Crippen LogP contribution in [-0.2, 0) is 14.3 Å². The van der Waals surface area contributed by atoms with Crippen molar-refractivity contribution in [1.29, 1.82) is 0 Å². The highest BCUT2D eigenvalue weighted by atomic mass is 16.7. The molecule has 1 saturated heterocycles. The lowest BCUT2D eigenvalue weighted by atomic mass is 9.86. The molecule has 1 aliphatic rings. The predicted octanol–water partition coefficient (Wildman–Crippen LogP) is 1.62. The number of rotatable bonds is 3. The molecule has 0 aliphatic carbocycles. The van der Waals surface area contributed by atoms with E-state index in [1.807, 2.05) is 38.1 Å². The van der Waals surface area contributed by atoms with Gasteiger partial charge in [0, 0.05) is 11.0 Å². The molecule has 1 aromatic rings. The molecule has 0 aromatic heterocycles. The number of carbonyl (C=O) groups excluding carboxylic acids is 1. The normalized spacial score (nSPS) is 25.8. The number of hydrogen-bond donors (Lipinski definition) is 1. The maximum atomic E-state index is 11.5. The van der Waals surface area contributed by atoms with Crippen LogP contribution >= 0.6 is 0 Å². The van der Waals surface area contributed by atoms with Crippen LogP contribution in [0, 0.1) is 5.41 Å². The molecular formula is C14H19NO4. The van der Waals surface area contributed by atoms with Gasteiger partial charge in [-0.15, -0.1) is 0 Å². The molecule has 104 valence electrons. The Morgan fingerprint density at radius 2 is 2.00 bits per heavy atom. The Bertz CT molecular complexity index is 455. The van der Waals surface area contributed by atoms with Crippen LogP contribution in [0.15, 0.2) is 24.3 Å². The van der Waals surface area contributed by atoms with Gasteiger partial charge in [0.1, 0.15) is 11.9 Å². The number of amides is 1. The van der Waals surface area contributed by atoms with Gasteiger partial charge in [-0.2, -0.15) is 0 Å². The van der Waals surface area contributed by atoms with Crippen molar-refractivity contribution in [3.63, 3.8) is 0 Å². The molecule has 0 bridgehead atoms. The fourth-order valence-corrected chi connectivity index (χ4v) is 2.10. The molecule has 2 rings (SSSR count). The Morgan fingerprint density at radius 3 is 2.53 bits per heavy atom. The quantitative estimate of drug-likeness (QED) is 0.901. The molecule has 2 N–H and O–H groups in total. The minimum absolute atomic E-state index is 0.414. The summed E-state index contributed by atoms with van der Waals surface area (Å²) in [5, 5.41) is 0. The van der Waals surface area contributed by atoms with E-state index in [-0.39, 0.29) is 0 Å². The van der Waals surface area contributed by atoms with E-state index in [2.05, 4.69) is 0 Å². The van der Waals surface area contributed by atoms with Gasteiger partial charge in [-0.3, -0.25) is 4.79 Å². The molecule has 1 aromatic carbocycles. The zero-order valence-corrected chi connectivity index (χ0v) is 11.4. The number of carbonyl (C=O) groups is 1. The highest BCUT2D eigenvalue weighted by molar-refractivity contribution is 5.79. The zero-order valence-electron chi connectivity index (χ0n) is 11.4. The largest absolute Gasteiger partial charge is 0.497 e. The molecule has 0 radical (unpaired) electrons. The first-order valence-corrected chi connectivity index (χ1v) is 6.14. The summed E-state index contributed by atoms with van der Waals surface area (Å²) in [5.41, 5.74) is 5.80. The number of nitrogens with two attached hydrogens (primary N) is 1. The molecule has 2 unspecified atom stereocenters. The molecule has 0 saturated carbocycles. The van der Waals surface area contributed by atoms with Crippen molar-refractivity contribution in [3.05, 3.63) is 29.8 Å². The standard InChI is InChI=1S/C14H19NO4/c1-14(2)8-18-13(19-11(14)12(15)16)9-4-6-10(17-3)7-5-9/h4-7,11,13H,8H2,1-3H3,(H2,15,16). The molecule has 1 heterocycles. The Morgan fingerprint density at radius 1 is 1.37 bits per heavy atom. The van der Waals surface area contributed by atoms with Crippen molar-refractivity contribution in [2.24, 2.45) is 11.1 Å². The molecule has 2 atom stereocenters. The fourth-order valence-electron chi connectivity index (χ4n) is 2.10. The first kappa shape index (κ1) is 13.8. The minimum Gasteiger partial charge on any atom is -0.497 e. The summed E-state index contributed by atoms with van der Waals surface area (Å²) in [6.07, 6.45) is -1.23. The van der Waals surface area contributed by atoms with Crippen molar-refractivity contribution in [3.8, 4) is 5.75 Å². The number of methoxy groups -OCH3 is 1. The Hall–Kier alpha value is -1.59. The maximum Gasteiger partial charge on any atom is 0.247 e. The molecule has 1 amide bonds. The first-order valence-electron chi connectivity index (χ1n) is 6.14. The Kier molecular flexibility index (Phi) is 3.78. The Labute approximate surface area is 112 Å². The van der Waals surface area contributed by atoms with E-state index in [4.69, 9.17) is 19.9 Å². The van der Waals surface area contributed by atoms with E-state index in [1.165, 1.54) is 0 Å². The van der Waals surface area contributed by atoms with Gasteiger partial charge in [-0.05, 0) is 12.1 Å². The maximum absolute atomic E-state index is 11.5. The van der Waals surface area contributed by atoms with Gasteiger partial charge >= 0.3 is 0 Å². The first-order chi connectivity index (χ1) is 8.94. The minimum atomic E-state index is -0.659. The van der Waals surface area contributed by atoms with Crippen molar-refractivity contribution >= 4 is 5.91 Å². The van der Waals surface area contributed by atoms with Gasteiger partial charge in [0.2, 0.25) is 5.91 Å². The van der Waals surface area contributed by atoms with Crippen LogP contribution in [0.3, 0.4) is 0 Å². The van der Waals surface area contributed by atoms with E-state index in [0.29, 0.717) is 6.61 Å². The molecule has 0 spiro atoms. The summed E-state index contributed by atoms with van der Waals surface area (Å²) in [4.78, 5) is 11.5. The van der Waals surface area contributed by atoms with Gasteiger partial charge in [0.15, 0.2) is 6.29 Å². The molecule has 1 aliphatic heterocycles. The molecule has 5 nitrogen and oxygen atoms in total. The van der Waals surface area contributed by atoms with Crippen molar-refractivity contribution in [2.45, 2.75) is 26.2 Å².